The van der Waals surface area contributed by atoms with Gasteiger partial charge < -0.3 is 28.9 Å². The summed E-state index contributed by atoms with van der Waals surface area (Å²) in [7, 11) is 0. The van der Waals surface area contributed by atoms with E-state index in [1.165, 1.54) is 42.5 Å². The first-order valence-corrected chi connectivity index (χ1v) is 18.5. The molecule has 20 heteroatoms. The van der Waals surface area contributed by atoms with Crippen LogP contribution in [0.3, 0.4) is 0 Å². The van der Waals surface area contributed by atoms with Gasteiger partial charge in [-0.15, -0.1) is 0 Å². The van der Waals surface area contributed by atoms with Crippen LogP contribution in [-0.2, 0) is 39.9 Å². The number of anilines is 1. The van der Waals surface area contributed by atoms with E-state index in [1.807, 2.05) is 0 Å². The minimum atomic E-state index is -5.40. The number of nitrogens with zero attached hydrogens (tertiary/aromatic N) is 2. The number of carbonyl (C=O) groups excluding carboxylic acids is 3. The second-order valence-electron chi connectivity index (χ2n) is 13.7. The molecule has 1 aromatic heterocycles. The maximum atomic E-state index is 13.3. The van der Waals surface area contributed by atoms with E-state index in [0.29, 0.717) is 11.3 Å². The molecule has 0 amide bonds. The predicted octanol–water partition coefficient (Wildman–Crippen LogP) is 6.67. The van der Waals surface area contributed by atoms with Crippen molar-refractivity contribution in [3.05, 3.63) is 86.8 Å². The molecule has 1 unspecified atom stereocenters. The van der Waals surface area contributed by atoms with Gasteiger partial charge in [0.2, 0.25) is 6.10 Å². The Morgan fingerprint density at radius 1 is 0.947 bits per heavy atom. The second-order valence-corrected chi connectivity index (χ2v) is 14.5. The summed E-state index contributed by atoms with van der Waals surface area (Å²) < 4.78 is 92.8. The summed E-state index contributed by atoms with van der Waals surface area (Å²) >= 11 is 12.6. The van der Waals surface area contributed by atoms with E-state index in [1.54, 1.807) is 0 Å². The highest BCUT2D eigenvalue weighted by atomic mass is 35.5. The number of pyridine rings is 1. The van der Waals surface area contributed by atoms with E-state index in [2.05, 4.69) is 19.9 Å². The largest absolute Gasteiger partial charge is 0.619 e. The van der Waals surface area contributed by atoms with Crippen LogP contribution in [0.1, 0.15) is 54.6 Å². The van der Waals surface area contributed by atoms with Gasteiger partial charge in [-0.05, 0) is 80.4 Å². The lowest BCUT2D eigenvalue weighted by atomic mass is 9.86. The molecule has 0 radical (unpaired) electrons. The lowest BCUT2D eigenvalue weighted by molar-refractivity contribution is -0.605. The fourth-order valence-electron chi connectivity index (χ4n) is 6.48. The van der Waals surface area contributed by atoms with E-state index in [9.17, 15) is 41.5 Å². The average Bonchev–Trinajstić information content (AvgIpc) is 3.99. The van der Waals surface area contributed by atoms with Crippen molar-refractivity contribution in [3.8, 4) is 11.5 Å². The van der Waals surface area contributed by atoms with Crippen molar-refractivity contribution in [2.45, 2.75) is 63.2 Å². The summed E-state index contributed by atoms with van der Waals surface area (Å²) in [5, 5.41) is 11.8. The molecule has 308 valence electrons. The molecular formula is C37H36Cl2F5N3O10. The quantitative estimate of drug-likeness (QED) is 0.0386. The van der Waals surface area contributed by atoms with Crippen LogP contribution in [-0.4, -0.2) is 74.5 Å². The minimum absolute atomic E-state index is 0.0200. The van der Waals surface area contributed by atoms with Crippen LogP contribution in [0, 0.1) is 17.0 Å². The molecule has 3 aliphatic heterocycles. The van der Waals surface area contributed by atoms with Gasteiger partial charge in [0.15, 0.2) is 30.5 Å². The van der Waals surface area contributed by atoms with Crippen molar-refractivity contribution in [2.24, 2.45) is 11.8 Å². The molecule has 1 aliphatic carbocycles. The first-order valence-electron chi connectivity index (χ1n) is 17.8. The Morgan fingerprint density at radius 3 is 2.30 bits per heavy atom. The van der Waals surface area contributed by atoms with Gasteiger partial charge in [0.25, 0.3) is 0 Å². The Balaban J connectivity index is 1.15. The van der Waals surface area contributed by atoms with E-state index in [4.69, 9.17) is 42.3 Å². The first kappa shape index (κ1) is 42.0. The Morgan fingerprint density at radius 2 is 1.67 bits per heavy atom. The minimum Gasteiger partial charge on any atom is -0.619 e. The van der Waals surface area contributed by atoms with Crippen LogP contribution < -0.4 is 19.7 Å². The molecular weight excluding hydrogens is 812 g/mol. The molecule has 0 spiro atoms. The lowest BCUT2D eigenvalue weighted by Crippen LogP contribution is -2.52. The Hall–Kier alpha value is -4.65. The third-order valence-corrected chi connectivity index (χ3v) is 10.2. The fraction of sp³-hybridized carbons (Fsp3) is 0.459. The number of hydrogen-bond donors (Lipinski definition) is 1. The van der Waals surface area contributed by atoms with Gasteiger partial charge >= 0.3 is 30.7 Å². The number of fused-ring (bicyclic) bond motifs is 3. The van der Waals surface area contributed by atoms with Crippen LogP contribution in [0.15, 0.2) is 54.9 Å². The molecule has 13 nitrogen and oxygen atoms in total. The zero-order valence-electron chi connectivity index (χ0n) is 29.9. The van der Waals surface area contributed by atoms with E-state index in [0.717, 1.165) is 51.2 Å². The summed E-state index contributed by atoms with van der Waals surface area (Å²) in [5.41, 5.74) is 2.79. The Bertz CT molecular complexity index is 1910. The van der Waals surface area contributed by atoms with Crippen LogP contribution in [0.25, 0.3) is 0 Å². The number of nitrogens with one attached hydrogen (secondary N) is 1. The summed E-state index contributed by atoms with van der Waals surface area (Å²) in [6.07, 6.45) is -4.05. The average molecular weight is 849 g/mol. The highest BCUT2D eigenvalue weighted by Crippen LogP contribution is 2.38. The second kappa shape index (κ2) is 18.3. The third kappa shape index (κ3) is 11.5. The highest BCUT2D eigenvalue weighted by molar-refractivity contribution is 6.35. The molecule has 1 N–H and O–H groups in total. The van der Waals surface area contributed by atoms with Crippen LogP contribution >= 0.6 is 23.2 Å². The molecule has 1 saturated carbocycles. The number of rotatable bonds is 17. The number of alkyl halides is 5. The molecule has 2 aromatic carbocycles. The van der Waals surface area contributed by atoms with Gasteiger partial charge in [-0.25, -0.2) is 14.4 Å². The standard InChI is InChI=1S/C37H36Cl2F5N3O10/c38-26-15-47(51)16-27(39)25(26)14-29(22-6-7-28(56-36(40)41)30(13-22)52-18-20-4-5-20)54-32(48)19-53-45-24-3-1-2-23(12-24)33(57-35(50)37(42,43)44)34(49)55-31-17-46-10-8-21(31)9-11-46/h1-3,6-7,12-13,15-16,20-21,29,31,33,36,45H,4-5,8-11,14,17-19H2/t29-,31-,33?/m0/s1. The number of ether oxygens (including phenoxy) is 5. The van der Waals surface area contributed by atoms with Gasteiger partial charge in [-0.1, -0.05) is 41.4 Å². The molecule has 2 bridgehead atoms. The van der Waals surface area contributed by atoms with Crippen molar-refractivity contribution in [3.63, 3.8) is 0 Å². The zero-order valence-corrected chi connectivity index (χ0v) is 31.4. The summed E-state index contributed by atoms with van der Waals surface area (Å²) in [6.45, 7) is -1.66. The third-order valence-electron chi connectivity index (χ3n) is 9.55. The number of hydrogen-bond acceptors (Lipinski definition) is 12. The zero-order chi connectivity index (χ0) is 40.9. The van der Waals surface area contributed by atoms with Gasteiger partial charge in [-0.2, -0.15) is 26.7 Å². The number of aromatic nitrogens is 1. The maximum Gasteiger partial charge on any atom is 0.490 e. The highest BCUT2D eigenvalue weighted by Gasteiger charge is 2.45. The lowest BCUT2D eigenvalue weighted by Gasteiger charge is -2.44. The van der Waals surface area contributed by atoms with E-state index >= 15 is 0 Å². The Labute approximate surface area is 332 Å². The van der Waals surface area contributed by atoms with Crippen molar-refractivity contribution >= 4 is 46.8 Å². The monoisotopic (exact) mass is 847 g/mol. The molecule has 4 aliphatic rings. The van der Waals surface area contributed by atoms with Crippen molar-refractivity contribution in [1.82, 2.24) is 4.90 Å². The predicted molar refractivity (Wildman–Crippen MR) is 189 cm³/mol. The summed E-state index contributed by atoms with van der Waals surface area (Å²) in [4.78, 5) is 45.7. The van der Waals surface area contributed by atoms with Gasteiger partial charge in [0, 0.05) is 24.1 Å². The Kier molecular flexibility index (Phi) is 13.5. The van der Waals surface area contributed by atoms with Crippen LogP contribution in [0.2, 0.25) is 10.0 Å². The number of carbonyl (C=O) groups is 3. The molecule has 57 heavy (non-hydrogen) atoms. The molecule has 3 aromatic rings. The van der Waals surface area contributed by atoms with Gasteiger partial charge in [0.05, 0.1) is 12.3 Å². The normalized spacial score (nSPS) is 20.0. The number of halogens is 7. The molecule has 7 rings (SSSR count). The van der Waals surface area contributed by atoms with E-state index < -0.39 is 55.6 Å². The topological polar surface area (TPSA) is 149 Å². The van der Waals surface area contributed by atoms with Gasteiger partial charge in [-0.3, -0.25) is 15.2 Å². The van der Waals surface area contributed by atoms with Crippen molar-refractivity contribution < 1.29 is 69.6 Å². The number of benzene rings is 2. The molecule has 3 atom stereocenters. The maximum absolute atomic E-state index is 13.3. The smallest absolute Gasteiger partial charge is 0.490 e. The number of piperidine rings is 3. The van der Waals surface area contributed by atoms with E-state index in [-0.39, 0.29) is 68.8 Å². The van der Waals surface area contributed by atoms with Crippen molar-refractivity contribution in [1.29, 1.82) is 0 Å². The summed E-state index contributed by atoms with van der Waals surface area (Å²) in [5.74, 6) is -4.76. The fourth-order valence-corrected chi connectivity index (χ4v) is 7.08. The van der Waals surface area contributed by atoms with Gasteiger partial charge in [0.1, 0.15) is 22.3 Å². The van der Waals surface area contributed by atoms with Crippen LogP contribution in [0.5, 0.6) is 11.5 Å². The van der Waals surface area contributed by atoms with Crippen LogP contribution in [0.4, 0.5) is 27.6 Å². The molecule has 4 heterocycles. The molecule has 3 saturated heterocycles. The SMILES string of the molecule is O=C(CONc1cccc(C(OC(=O)C(F)(F)F)C(=O)O[C@H]2CN3CCC2CC3)c1)O[C@@H](Cc1c(Cl)c[n+]([O-])cc1Cl)c1ccc(OC(F)F)c(OCC2CC2)c1. The first-order chi connectivity index (χ1) is 27.1. The summed E-state index contributed by atoms with van der Waals surface area (Å²) in [6, 6.07) is 9.12. The number of esters is 3. The molecule has 4 fully saturated rings. The van der Waals surface area contributed by atoms with Crippen molar-refractivity contribution in [2.75, 3.05) is 38.3 Å².